The molecule has 4 aliphatic carbocycles. The minimum atomic E-state index is -0.514. The van der Waals surface area contributed by atoms with Gasteiger partial charge in [0.05, 0.1) is 10.8 Å². The number of aromatic nitrogens is 9. The maximum absolute atomic E-state index is 5.30. The molecule has 0 aliphatic heterocycles. The minimum Gasteiger partial charge on any atom is -0.208 e. The Morgan fingerprint density at radius 2 is 0.329 bits per heavy atom. The first-order valence-corrected chi connectivity index (χ1v) is 48.9. The molecule has 0 atom stereocenters. The molecular weight excluding hydrogens is 1740 g/mol. The predicted molar refractivity (Wildman–Crippen MR) is 585 cm³/mol. The van der Waals surface area contributed by atoms with Crippen LogP contribution in [0.4, 0.5) is 0 Å². The lowest BCUT2D eigenvalue weighted by molar-refractivity contribution is 0.660. The van der Waals surface area contributed by atoms with Gasteiger partial charge in [-0.15, -0.1) is 0 Å². The van der Waals surface area contributed by atoms with Gasteiger partial charge < -0.3 is 0 Å². The van der Waals surface area contributed by atoms with Gasteiger partial charge in [0.25, 0.3) is 0 Å². The van der Waals surface area contributed by atoms with Crippen LogP contribution in [0, 0.1) is 0 Å². The quantitative estimate of drug-likeness (QED) is 0.125. The zero-order chi connectivity index (χ0) is 94.9. The Balaban J connectivity index is 0.000000108. The topological polar surface area (TPSA) is 116 Å². The number of hydrogen-bond donors (Lipinski definition) is 0. The van der Waals surface area contributed by atoms with E-state index in [2.05, 4.69) is 505 Å². The average molecular weight is 1820 g/mol. The highest BCUT2D eigenvalue weighted by atomic mass is 15.1. The predicted octanol–water partition coefficient (Wildman–Crippen LogP) is 32.5. The zero-order valence-electron chi connectivity index (χ0n) is 78.3. The number of nitrogens with zero attached hydrogens (tertiary/aromatic N) is 9. The third-order valence-corrected chi connectivity index (χ3v) is 29.8. The average Bonchev–Trinajstić information content (AvgIpc) is 1.51. The van der Waals surface area contributed by atoms with Gasteiger partial charge in [-0.3, -0.25) is 0 Å². The highest BCUT2D eigenvalue weighted by Crippen LogP contribution is 2.65. The molecule has 0 unspecified atom stereocenters. The molecule has 1 spiro atoms. The number of benzene rings is 22. The maximum atomic E-state index is 5.30. The normalized spacial score (nSPS) is 13.1. The number of hydrogen-bond acceptors (Lipinski definition) is 9. The Hall–Kier alpha value is -18.6. The molecule has 0 saturated carbocycles. The molecule has 0 N–H and O–H groups in total. The molecule has 9 nitrogen and oxygen atoms in total. The summed E-state index contributed by atoms with van der Waals surface area (Å²) in [5.41, 5.74) is 30.3. The van der Waals surface area contributed by atoms with Gasteiger partial charge >= 0.3 is 0 Å². The first kappa shape index (κ1) is 83.8. The maximum Gasteiger partial charge on any atom is 0.164 e. The van der Waals surface area contributed by atoms with Crippen molar-refractivity contribution in [3.63, 3.8) is 0 Å². The largest absolute Gasteiger partial charge is 0.208 e. The molecule has 0 fully saturated rings. The summed E-state index contributed by atoms with van der Waals surface area (Å²) in [7, 11) is 0. The first-order valence-electron chi connectivity index (χ1n) is 48.9. The van der Waals surface area contributed by atoms with E-state index in [9.17, 15) is 0 Å². The fourth-order valence-corrected chi connectivity index (χ4v) is 23.2. The molecule has 0 saturated heterocycles. The molecule has 3 aromatic heterocycles. The van der Waals surface area contributed by atoms with Crippen molar-refractivity contribution in [1.82, 2.24) is 44.9 Å². The Bertz CT molecular complexity index is 8820. The van der Waals surface area contributed by atoms with E-state index >= 15 is 0 Å². The summed E-state index contributed by atoms with van der Waals surface area (Å²) in [6, 6.07) is 175. The fraction of sp³-hybridized carbons (Fsp3) is 0.0373. The molecule has 0 amide bonds. The summed E-state index contributed by atoms with van der Waals surface area (Å²) in [6.45, 7) is 4.60. The molecule has 22 aromatic carbocycles. The van der Waals surface area contributed by atoms with Gasteiger partial charge in [-0.1, -0.05) is 469 Å². The number of fused-ring (bicyclic) bond motifs is 22. The highest BCUT2D eigenvalue weighted by molar-refractivity contribution is 6.02. The third kappa shape index (κ3) is 13.9. The van der Waals surface area contributed by atoms with Crippen LogP contribution in [-0.4, -0.2) is 44.9 Å². The van der Waals surface area contributed by atoms with Crippen molar-refractivity contribution in [2.45, 2.75) is 30.1 Å². The van der Waals surface area contributed by atoms with Crippen LogP contribution in [0.1, 0.15) is 69.5 Å². The SMILES string of the molecule is CC1(C)c2ccccc2-c2c(-c3nc(-c4ccc5ccccc5c4)nc(-c4ccc5ccccc5c4)n3)cccc21.c1ccc(C2(c3ccccc3)c3ccccc3-c3c(-c4nc(-c5ccc6ccccc6c5)nc(-c5ccc6ccccc6c5)n4)cccc32)cc1.c1ccc2c(c1)-c1ccccc1C21c2ccccc2-c2c(-c3nc(-c4ccc5ccccc5c4)nc(-c4ccc5ccccc5c4)n3)cccc21. The van der Waals surface area contributed by atoms with E-state index in [0.717, 1.165) is 88.0 Å². The first-order chi connectivity index (χ1) is 70.6. The van der Waals surface area contributed by atoms with E-state index in [-0.39, 0.29) is 5.41 Å². The second-order valence-electron chi connectivity index (χ2n) is 38.1. The van der Waals surface area contributed by atoms with Crippen molar-refractivity contribution in [2.75, 3.05) is 0 Å². The number of rotatable bonds is 11. The molecular formula is C134H87N9. The van der Waals surface area contributed by atoms with Crippen LogP contribution in [0.15, 0.2) is 491 Å². The van der Waals surface area contributed by atoms with Crippen LogP contribution < -0.4 is 0 Å². The van der Waals surface area contributed by atoms with Crippen LogP contribution in [0.5, 0.6) is 0 Å². The lowest BCUT2D eigenvalue weighted by Gasteiger charge is -2.33. The molecule has 0 radical (unpaired) electrons. The van der Waals surface area contributed by atoms with Gasteiger partial charge in [0.15, 0.2) is 52.4 Å². The molecule has 4 aliphatic rings. The Labute approximate surface area is 827 Å². The van der Waals surface area contributed by atoms with Crippen molar-refractivity contribution in [3.05, 3.63) is 547 Å². The van der Waals surface area contributed by atoms with Crippen LogP contribution in [-0.2, 0) is 16.2 Å². The van der Waals surface area contributed by atoms with Crippen LogP contribution >= 0.6 is 0 Å². The van der Waals surface area contributed by atoms with Crippen molar-refractivity contribution < 1.29 is 0 Å². The van der Waals surface area contributed by atoms with Gasteiger partial charge in [-0.05, 0) is 201 Å². The van der Waals surface area contributed by atoms with Crippen molar-refractivity contribution in [1.29, 1.82) is 0 Å². The van der Waals surface area contributed by atoms with Gasteiger partial charge in [-0.25, -0.2) is 44.9 Å². The molecule has 25 aromatic rings. The van der Waals surface area contributed by atoms with E-state index in [0.29, 0.717) is 52.4 Å². The van der Waals surface area contributed by atoms with Gasteiger partial charge in [-0.2, -0.15) is 0 Å². The van der Waals surface area contributed by atoms with E-state index in [1.807, 2.05) is 0 Å². The Kier molecular flexibility index (Phi) is 19.9. The second kappa shape index (κ2) is 34.0. The Morgan fingerprint density at radius 3 is 0.629 bits per heavy atom. The summed E-state index contributed by atoms with van der Waals surface area (Å²) in [4.78, 5) is 46.8. The molecule has 0 bridgehead atoms. The zero-order valence-corrected chi connectivity index (χ0v) is 78.3. The summed E-state index contributed by atoms with van der Waals surface area (Å²) in [5, 5.41) is 14.0. The Morgan fingerprint density at radius 1 is 0.133 bits per heavy atom. The molecule has 3 heterocycles. The lowest BCUT2D eigenvalue weighted by atomic mass is 9.67. The molecule has 668 valence electrons. The van der Waals surface area contributed by atoms with E-state index in [1.165, 1.54) is 127 Å². The van der Waals surface area contributed by atoms with Crippen molar-refractivity contribution in [3.8, 4) is 147 Å². The summed E-state index contributed by atoms with van der Waals surface area (Å²) < 4.78 is 0. The van der Waals surface area contributed by atoms with E-state index in [4.69, 9.17) is 44.9 Å². The van der Waals surface area contributed by atoms with Crippen molar-refractivity contribution in [2.24, 2.45) is 0 Å². The van der Waals surface area contributed by atoms with Gasteiger partial charge in [0.2, 0.25) is 0 Å². The van der Waals surface area contributed by atoms with Crippen LogP contribution in [0.25, 0.3) is 212 Å². The highest BCUT2D eigenvalue weighted by Gasteiger charge is 2.53. The molecule has 9 heteroatoms. The van der Waals surface area contributed by atoms with Crippen molar-refractivity contribution >= 4 is 64.6 Å². The summed E-state index contributed by atoms with van der Waals surface area (Å²) in [6.07, 6.45) is 0. The molecule has 29 rings (SSSR count). The summed E-state index contributed by atoms with van der Waals surface area (Å²) >= 11 is 0. The van der Waals surface area contributed by atoms with Crippen LogP contribution in [0.3, 0.4) is 0 Å². The van der Waals surface area contributed by atoms with E-state index in [1.54, 1.807) is 0 Å². The van der Waals surface area contributed by atoms with E-state index < -0.39 is 10.8 Å². The standard InChI is InChI=1S/C48H29N3.C48H31N3.C38H27N3/c1-3-14-32-28-34(26-24-30(32)12-1)45-49-46(35-27-25-31-13-2-4-15-33(31)29-35)51-47(50-45)39-19-11-23-43-44(39)38-18-7-10-22-42(38)48(43)40-20-8-5-16-36(40)37-17-6-9-21-41(37)48;1-3-18-38(19-4-1)48(39-20-5-2-6-21-39)42-24-12-11-22-40(42)44-41(23-13-25-43(44)48)47-50-45(36-28-26-32-14-7-9-16-34(32)30-36)49-46(51-47)37-29-27-33-15-8-10-17-35(33)31-37;1-38(2)32-16-8-7-14-30(32)34-31(15-9-17-33(34)38)37-40-35(28-20-18-24-10-3-5-12-26(24)22-28)39-36(41-37)29-21-19-25-11-4-6-13-27(25)23-29/h1-29H;1-31H;3-23H,1-2H3. The minimum absolute atomic E-state index is 0.0999. The molecule has 143 heavy (non-hydrogen) atoms. The smallest absolute Gasteiger partial charge is 0.164 e. The fourth-order valence-electron chi connectivity index (χ4n) is 23.2. The van der Waals surface area contributed by atoms with Gasteiger partial charge in [0.1, 0.15) is 0 Å². The lowest BCUT2D eigenvalue weighted by Crippen LogP contribution is -2.28. The van der Waals surface area contributed by atoms with Crippen LogP contribution in [0.2, 0.25) is 0 Å². The third-order valence-electron chi connectivity index (χ3n) is 29.8. The van der Waals surface area contributed by atoms with Gasteiger partial charge in [0, 0.05) is 55.5 Å². The second-order valence-corrected chi connectivity index (χ2v) is 38.1. The monoisotopic (exact) mass is 1820 g/mol. The summed E-state index contributed by atoms with van der Waals surface area (Å²) in [5.74, 6) is 5.97.